The number of ether oxygens (including phenoxy) is 1. The second-order valence-electron chi connectivity index (χ2n) is 8.28. The van der Waals surface area contributed by atoms with Gasteiger partial charge < -0.3 is 19.4 Å². The number of nitrogens with zero attached hydrogens (tertiary/aromatic N) is 5. The van der Waals surface area contributed by atoms with Crippen LogP contribution in [0.1, 0.15) is 47.0 Å². The first-order valence-corrected chi connectivity index (χ1v) is 10.1. The van der Waals surface area contributed by atoms with Crippen LogP contribution in [0.5, 0.6) is 0 Å². The third kappa shape index (κ3) is 4.01. The van der Waals surface area contributed by atoms with Crippen molar-refractivity contribution < 1.29 is 14.3 Å². The molecule has 9 heteroatoms. The number of fused-ring (bicyclic) bond motifs is 1. The van der Waals surface area contributed by atoms with Crippen LogP contribution in [-0.2, 0) is 9.53 Å². The van der Waals surface area contributed by atoms with Crippen LogP contribution in [0.2, 0.25) is 5.28 Å². The summed E-state index contributed by atoms with van der Waals surface area (Å²) in [5, 5.41) is 0.160. The summed E-state index contributed by atoms with van der Waals surface area (Å²) in [5.41, 5.74) is 0.145. The molecule has 1 fully saturated rings. The van der Waals surface area contributed by atoms with Gasteiger partial charge in [-0.2, -0.15) is 4.98 Å². The number of halogens is 1. The molecule has 0 N–H and O–H groups in total. The summed E-state index contributed by atoms with van der Waals surface area (Å²) in [7, 11) is 1.74. The van der Waals surface area contributed by atoms with Gasteiger partial charge in [0.05, 0.1) is 6.20 Å². The molecule has 3 rings (SSSR count). The Bertz CT molecular complexity index is 758. The number of likely N-dealkylation sites (tertiary alicyclic amines) is 1. The van der Waals surface area contributed by atoms with Crippen LogP contribution in [-0.4, -0.2) is 64.7 Å². The van der Waals surface area contributed by atoms with Gasteiger partial charge >= 0.3 is 6.09 Å². The molecule has 2 amide bonds. The number of piperidine rings is 1. The Kier molecular flexibility index (Phi) is 5.70. The largest absolute Gasteiger partial charge is 0.444 e. The van der Waals surface area contributed by atoms with E-state index in [-0.39, 0.29) is 29.4 Å². The predicted octanol–water partition coefficient (Wildman–Crippen LogP) is 3.09. The number of amides is 2. The van der Waals surface area contributed by atoms with Crippen LogP contribution in [0.4, 0.5) is 16.3 Å². The van der Waals surface area contributed by atoms with Crippen molar-refractivity contribution in [1.29, 1.82) is 0 Å². The highest BCUT2D eigenvalue weighted by atomic mass is 35.5. The van der Waals surface area contributed by atoms with Crippen molar-refractivity contribution in [3.8, 4) is 0 Å². The predicted molar refractivity (Wildman–Crippen MR) is 108 cm³/mol. The van der Waals surface area contributed by atoms with Crippen LogP contribution in [0.25, 0.3) is 0 Å². The molecule has 0 aliphatic carbocycles. The lowest BCUT2D eigenvalue weighted by molar-refractivity contribution is -0.120. The highest BCUT2D eigenvalue weighted by Crippen LogP contribution is 2.38. The second-order valence-corrected chi connectivity index (χ2v) is 8.61. The summed E-state index contributed by atoms with van der Waals surface area (Å²) >= 11 is 6.06. The molecule has 1 aromatic rings. The topological polar surface area (TPSA) is 78.9 Å². The average molecular weight is 410 g/mol. The minimum Gasteiger partial charge on any atom is -0.444 e. The Morgan fingerprint density at radius 3 is 2.54 bits per heavy atom. The molecule has 0 aromatic carbocycles. The zero-order valence-corrected chi connectivity index (χ0v) is 17.9. The maximum atomic E-state index is 12.9. The Labute approximate surface area is 170 Å². The first-order valence-electron chi connectivity index (χ1n) is 9.68. The van der Waals surface area contributed by atoms with Crippen molar-refractivity contribution in [2.45, 2.75) is 64.6 Å². The standard InChI is InChI=1S/C19H28ClN5O3/c1-6-13-16(26)23(5)14-11-21-17(20)22-15(14)25(13)12-7-9-24(10-8-12)18(27)28-19(2,3)4/h11-13H,6-10H2,1-5H3/t13-/m1/s1. The normalized spacial score (nSPS) is 21.0. The highest BCUT2D eigenvalue weighted by molar-refractivity contribution is 6.28. The summed E-state index contributed by atoms with van der Waals surface area (Å²) in [6, 6.07) is -0.215. The molecular weight excluding hydrogens is 382 g/mol. The fourth-order valence-corrected chi connectivity index (χ4v) is 3.96. The van der Waals surface area contributed by atoms with Crippen molar-refractivity contribution in [3.63, 3.8) is 0 Å². The zero-order chi connectivity index (χ0) is 20.6. The van der Waals surface area contributed by atoms with Crippen LogP contribution >= 0.6 is 11.6 Å². The van der Waals surface area contributed by atoms with Gasteiger partial charge in [0.2, 0.25) is 11.2 Å². The molecule has 8 nitrogen and oxygen atoms in total. The van der Waals surface area contributed by atoms with Gasteiger partial charge in [0.25, 0.3) is 0 Å². The van der Waals surface area contributed by atoms with Crippen LogP contribution < -0.4 is 9.80 Å². The number of anilines is 2. The van der Waals surface area contributed by atoms with Gasteiger partial charge in [-0.05, 0) is 51.6 Å². The third-order valence-corrected chi connectivity index (χ3v) is 5.36. The first kappa shape index (κ1) is 20.6. The van der Waals surface area contributed by atoms with E-state index in [9.17, 15) is 9.59 Å². The van der Waals surface area contributed by atoms with E-state index in [0.29, 0.717) is 31.0 Å². The number of carbonyl (C=O) groups excluding carboxylic acids is 2. The monoisotopic (exact) mass is 409 g/mol. The van der Waals surface area contributed by atoms with Crippen LogP contribution in [0.3, 0.4) is 0 Å². The molecule has 1 saturated heterocycles. The number of hydrogen-bond acceptors (Lipinski definition) is 6. The van der Waals surface area contributed by atoms with E-state index in [0.717, 1.165) is 12.8 Å². The minimum absolute atomic E-state index is 0.0236. The lowest BCUT2D eigenvalue weighted by atomic mass is 9.97. The molecule has 154 valence electrons. The molecule has 2 aliphatic rings. The smallest absolute Gasteiger partial charge is 0.410 e. The van der Waals surface area contributed by atoms with E-state index in [1.807, 2.05) is 27.7 Å². The van der Waals surface area contributed by atoms with E-state index >= 15 is 0 Å². The molecular formula is C19H28ClN5O3. The Morgan fingerprint density at radius 1 is 1.32 bits per heavy atom. The lowest BCUT2D eigenvalue weighted by Gasteiger charge is -2.46. The summed E-state index contributed by atoms with van der Waals surface area (Å²) in [6.07, 6.45) is 3.42. The number of carbonyl (C=O) groups is 2. The van der Waals surface area contributed by atoms with E-state index in [1.54, 1.807) is 23.0 Å². The van der Waals surface area contributed by atoms with Gasteiger partial charge in [-0.25, -0.2) is 9.78 Å². The summed E-state index contributed by atoms with van der Waals surface area (Å²) in [4.78, 5) is 39.1. The quantitative estimate of drug-likeness (QED) is 0.698. The molecule has 3 heterocycles. The van der Waals surface area contributed by atoms with Gasteiger partial charge in [-0.15, -0.1) is 0 Å². The van der Waals surface area contributed by atoms with Gasteiger partial charge in [0.15, 0.2) is 5.82 Å². The molecule has 1 aromatic heterocycles. The molecule has 0 radical (unpaired) electrons. The summed E-state index contributed by atoms with van der Waals surface area (Å²) in [5.74, 6) is 0.708. The van der Waals surface area contributed by atoms with Crippen molar-refractivity contribution in [2.75, 3.05) is 29.9 Å². The molecule has 2 aliphatic heterocycles. The molecule has 0 unspecified atom stereocenters. The van der Waals surface area contributed by atoms with E-state index in [1.165, 1.54) is 0 Å². The summed E-state index contributed by atoms with van der Waals surface area (Å²) in [6.45, 7) is 8.72. The zero-order valence-electron chi connectivity index (χ0n) is 17.1. The van der Waals surface area contributed by atoms with Gasteiger partial charge in [-0.3, -0.25) is 4.79 Å². The third-order valence-electron chi connectivity index (χ3n) is 5.17. The highest BCUT2D eigenvalue weighted by Gasteiger charge is 2.41. The van der Waals surface area contributed by atoms with Gasteiger partial charge in [-0.1, -0.05) is 6.92 Å². The van der Waals surface area contributed by atoms with E-state index < -0.39 is 5.60 Å². The van der Waals surface area contributed by atoms with Crippen molar-refractivity contribution in [3.05, 3.63) is 11.5 Å². The SMILES string of the molecule is CC[C@@H]1C(=O)N(C)c2cnc(Cl)nc2N1C1CCN(C(=O)OC(C)(C)C)CC1. The maximum absolute atomic E-state index is 12.9. The van der Waals surface area contributed by atoms with Crippen molar-refractivity contribution in [2.24, 2.45) is 0 Å². The van der Waals surface area contributed by atoms with Gasteiger partial charge in [0.1, 0.15) is 17.3 Å². The minimum atomic E-state index is -0.516. The fourth-order valence-electron chi connectivity index (χ4n) is 3.83. The van der Waals surface area contributed by atoms with Crippen LogP contribution in [0.15, 0.2) is 6.20 Å². The van der Waals surface area contributed by atoms with Crippen molar-refractivity contribution >= 4 is 35.1 Å². The Balaban J connectivity index is 1.81. The molecule has 28 heavy (non-hydrogen) atoms. The Hall–Kier alpha value is -2.09. The number of rotatable bonds is 2. The second kappa shape index (κ2) is 7.73. The van der Waals surface area contributed by atoms with Gasteiger partial charge in [0, 0.05) is 26.2 Å². The molecule has 0 saturated carbocycles. The number of hydrogen-bond donors (Lipinski definition) is 0. The van der Waals surface area contributed by atoms with Crippen molar-refractivity contribution in [1.82, 2.24) is 14.9 Å². The maximum Gasteiger partial charge on any atom is 0.410 e. The number of likely N-dealkylation sites (N-methyl/N-ethyl adjacent to an activating group) is 1. The fraction of sp³-hybridized carbons (Fsp3) is 0.684. The Morgan fingerprint density at radius 2 is 1.96 bits per heavy atom. The molecule has 0 spiro atoms. The van der Waals surface area contributed by atoms with E-state index in [2.05, 4.69) is 14.9 Å². The summed E-state index contributed by atoms with van der Waals surface area (Å²) < 4.78 is 5.48. The average Bonchev–Trinajstić information content (AvgIpc) is 2.63. The number of aromatic nitrogens is 2. The molecule has 0 bridgehead atoms. The first-order chi connectivity index (χ1) is 13.1. The lowest BCUT2D eigenvalue weighted by Crippen LogP contribution is -2.58. The van der Waals surface area contributed by atoms with Crippen LogP contribution in [0, 0.1) is 0 Å². The molecule has 1 atom stereocenters. The van der Waals surface area contributed by atoms with E-state index in [4.69, 9.17) is 16.3 Å².